The third-order valence-corrected chi connectivity index (χ3v) is 5.67. The Bertz CT molecular complexity index is 701. The molecule has 0 bridgehead atoms. The molecule has 12 nitrogen and oxygen atoms in total. The van der Waals surface area contributed by atoms with Crippen molar-refractivity contribution in [2.45, 2.75) is 24.7 Å². The van der Waals surface area contributed by atoms with Crippen LogP contribution in [0.4, 0.5) is 52.7 Å². The summed E-state index contributed by atoms with van der Waals surface area (Å²) < 4.78 is 208. The Hall–Kier alpha value is -1.32. The second kappa shape index (κ2) is 29.9. The maximum absolute atomic E-state index is 12.2. The van der Waals surface area contributed by atoms with Crippen LogP contribution in [0.25, 0.3) is 0 Å². The van der Waals surface area contributed by atoms with E-state index >= 15 is 0 Å². The molecule has 0 saturated carbocycles. The van der Waals surface area contributed by atoms with E-state index in [2.05, 4.69) is 18.9 Å². The molecule has 24 heteroatoms. The van der Waals surface area contributed by atoms with Gasteiger partial charge in [0.1, 0.15) is 26.4 Å². The molecule has 0 aliphatic carbocycles. The van der Waals surface area contributed by atoms with Gasteiger partial charge in [0.15, 0.2) is 0 Å². The maximum atomic E-state index is 12.2. The number of hydrogen-bond donors (Lipinski definition) is 0. The monoisotopic (exact) mass is 816 g/mol. The lowest BCUT2D eigenvalue weighted by atomic mass is 9.92. The highest BCUT2D eigenvalue weighted by Gasteiger charge is 2.33. The van der Waals surface area contributed by atoms with Crippen molar-refractivity contribution < 1.29 is 110 Å². The predicted octanol–water partition coefficient (Wildman–Crippen LogP) is 4.42. The third-order valence-electron chi connectivity index (χ3n) is 5.67. The minimum absolute atomic E-state index is 0.0349. The average Bonchev–Trinajstić information content (AvgIpc) is 3.03. The van der Waals surface area contributed by atoms with Crippen LogP contribution in [-0.4, -0.2) is 183 Å². The van der Waals surface area contributed by atoms with Crippen LogP contribution in [0.2, 0.25) is 0 Å². The lowest BCUT2D eigenvalue weighted by molar-refractivity contribution is -0.177. The van der Waals surface area contributed by atoms with Crippen molar-refractivity contribution >= 4 is 0 Å². The number of alkyl halides is 12. The van der Waals surface area contributed by atoms with Crippen molar-refractivity contribution in [2.24, 2.45) is 5.41 Å². The number of rotatable bonds is 36. The molecule has 0 aromatic carbocycles. The summed E-state index contributed by atoms with van der Waals surface area (Å²) in [4.78, 5) is 0. The molecule has 320 valence electrons. The zero-order chi connectivity index (χ0) is 40.0. The van der Waals surface area contributed by atoms with Crippen LogP contribution in [-0.2, 0) is 56.8 Å². The molecule has 0 amide bonds. The highest BCUT2D eigenvalue weighted by atomic mass is 19.4. The lowest BCUT2D eigenvalue weighted by Crippen LogP contribution is -2.43. The topological polar surface area (TPSA) is 111 Å². The summed E-state index contributed by atoms with van der Waals surface area (Å²) >= 11 is 0. The van der Waals surface area contributed by atoms with Gasteiger partial charge in [-0.3, -0.25) is 0 Å². The van der Waals surface area contributed by atoms with Crippen LogP contribution in [0.1, 0.15) is 0 Å². The van der Waals surface area contributed by atoms with Crippen LogP contribution in [0.5, 0.6) is 0 Å². The van der Waals surface area contributed by atoms with Gasteiger partial charge in [-0.25, -0.2) is 0 Å². The number of hydrogen-bond acceptors (Lipinski definition) is 12. The summed E-state index contributed by atoms with van der Waals surface area (Å²) in [5.41, 5.74) is -1.07. The van der Waals surface area contributed by atoms with E-state index in [0.717, 1.165) is 0 Å². The standard InChI is InChI=1S/C29H48F12O12/c30-26(31,32)21-50-13-5-42-1-9-46-17-25(18-47-10-2-43-6-14-51-22-27(33,34)35,19-48-11-3-44-7-15-52-23-28(36,37)38)20-49-12-4-45-8-16-53-24-29(39,40)41/h1-24H2. The Kier molecular flexibility index (Phi) is 29.2. The summed E-state index contributed by atoms with van der Waals surface area (Å²) in [7, 11) is 0. The van der Waals surface area contributed by atoms with Gasteiger partial charge in [0, 0.05) is 0 Å². The zero-order valence-corrected chi connectivity index (χ0v) is 28.9. The van der Waals surface area contributed by atoms with Crippen LogP contribution >= 0.6 is 0 Å². The number of ether oxygens (including phenoxy) is 12. The van der Waals surface area contributed by atoms with E-state index in [1.54, 1.807) is 0 Å². The molecule has 0 aromatic rings. The fraction of sp³-hybridized carbons (Fsp3) is 1.00. The molecule has 0 fully saturated rings. The summed E-state index contributed by atoms with van der Waals surface area (Å²) in [6, 6.07) is 0. The molecule has 0 radical (unpaired) electrons. The predicted molar refractivity (Wildman–Crippen MR) is 156 cm³/mol. The molecule has 0 spiro atoms. The number of halogens is 12. The highest BCUT2D eigenvalue weighted by Crippen LogP contribution is 2.21. The van der Waals surface area contributed by atoms with Gasteiger partial charge in [-0.05, 0) is 0 Å². The molecule has 0 unspecified atom stereocenters. The Balaban J connectivity index is 5.05. The van der Waals surface area contributed by atoms with Gasteiger partial charge in [0.25, 0.3) is 0 Å². The molecule has 0 N–H and O–H groups in total. The van der Waals surface area contributed by atoms with Crippen molar-refractivity contribution in [2.75, 3.05) is 159 Å². The maximum Gasteiger partial charge on any atom is 0.411 e. The summed E-state index contributed by atoms with van der Waals surface area (Å²) in [6.45, 7) is -8.30. The van der Waals surface area contributed by atoms with E-state index in [1.807, 2.05) is 0 Å². The molecule has 53 heavy (non-hydrogen) atoms. The lowest BCUT2D eigenvalue weighted by Gasteiger charge is -2.33. The minimum atomic E-state index is -4.48. The van der Waals surface area contributed by atoms with Crippen molar-refractivity contribution in [3.63, 3.8) is 0 Å². The quantitative estimate of drug-likeness (QED) is 0.0660. The first-order chi connectivity index (χ1) is 24.8. The van der Waals surface area contributed by atoms with Crippen LogP contribution < -0.4 is 0 Å². The SMILES string of the molecule is FC(F)(F)COCCOCCOCC(COCCOCCOCC(F)(F)F)(COCCOCCOCC(F)(F)F)COCCOCCOCC(F)(F)F. The third kappa shape index (κ3) is 40.2. The van der Waals surface area contributed by atoms with Crippen molar-refractivity contribution in [1.29, 1.82) is 0 Å². The van der Waals surface area contributed by atoms with E-state index in [4.69, 9.17) is 37.9 Å². The Morgan fingerprint density at radius 1 is 0.189 bits per heavy atom. The van der Waals surface area contributed by atoms with E-state index in [-0.39, 0.29) is 132 Å². The Labute approximate surface area is 298 Å². The van der Waals surface area contributed by atoms with Gasteiger partial charge in [-0.15, -0.1) is 0 Å². The molecular weight excluding hydrogens is 768 g/mol. The van der Waals surface area contributed by atoms with E-state index in [1.165, 1.54) is 0 Å². The van der Waals surface area contributed by atoms with Crippen molar-refractivity contribution in [3.05, 3.63) is 0 Å². The van der Waals surface area contributed by atoms with E-state index in [9.17, 15) is 52.7 Å². The van der Waals surface area contributed by atoms with Crippen LogP contribution in [0.3, 0.4) is 0 Å². The molecule has 0 aliphatic rings. The molecule has 0 atom stereocenters. The average molecular weight is 817 g/mol. The first-order valence-corrected chi connectivity index (χ1v) is 16.0. The van der Waals surface area contributed by atoms with E-state index < -0.39 is 56.5 Å². The van der Waals surface area contributed by atoms with Gasteiger partial charge in [0.05, 0.1) is 138 Å². The normalized spacial score (nSPS) is 13.4. The van der Waals surface area contributed by atoms with Gasteiger partial charge >= 0.3 is 24.7 Å². The fourth-order valence-corrected chi connectivity index (χ4v) is 3.51. The van der Waals surface area contributed by atoms with Crippen molar-refractivity contribution in [1.82, 2.24) is 0 Å². The summed E-state index contributed by atoms with van der Waals surface area (Å²) in [6.07, 6.45) is -17.9. The smallest absolute Gasteiger partial charge is 0.378 e. The molecule has 0 aliphatic heterocycles. The fourth-order valence-electron chi connectivity index (χ4n) is 3.51. The summed E-state index contributed by atoms with van der Waals surface area (Å²) in [5, 5.41) is 0. The minimum Gasteiger partial charge on any atom is -0.378 e. The molecule has 0 rings (SSSR count). The van der Waals surface area contributed by atoms with Gasteiger partial charge in [0.2, 0.25) is 0 Å². The van der Waals surface area contributed by atoms with Gasteiger partial charge in [-0.2, -0.15) is 52.7 Å². The first kappa shape index (κ1) is 51.7. The molecular formula is C29H48F12O12. The van der Waals surface area contributed by atoms with Crippen LogP contribution in [0, 0.1) is 5.41 Å². The molecule has 0 aromatic heterocycles. The van der Waals surface area contributed by atoms with E-state index in [0.29, 0.717) is 0 Å². The Morgan fingerprint density at radius 2 is 0.321 bits per heavy atom. The largest absolute Gasteiger partial charge is 0.411 e. The second-order valence-electron chi connectivity index (χ2n) is 10.8. The Morgan fingerprint density at radius 3 is 0.472 bits per heavy atom. The summed E-state index contributed by atoms with van der Waals surface area (Å²) in [5.74, 6) is 0. The molecule has 0 saturated heterocycles. The second-order valence-corrected chi connectivity index (χ2v) is 10.8. The highest BCUT2D eigenvalue weighted by molar-refractivity contribution is 4.79. The van der Waals surface area contributed by atoms with Gasteiger partial charge in [-0.1, -0.05) is 0 Å². The zero-order valence-electron chi connectivity index (χ0n) is 28.9. The van der Waals surface area contributed by atoms with Crippen molar-refractivity contribution in [3.8, 4) is 0 Å². The first-order valence-electron chi connectivity index (χ1n) is 16.0. The molecule has 0 heterocycles. The van der Waals surface area contributed by atoms with Crippen LogP contribution in [0.15, 0.2) is 0 Å². The van der Waals surface area contributed by atoms with Gasteiger partial charge < -0.3 is 56.8 Å².